The summed E-state index contributed by atoms with van der Waals surface area (Å²) in [5, 5.41) is 9.26. The summed E-state index contributed by atoms with van der Waals surface area (Å²) in [6.45, 7) is 18.9. The summed E-state index contributed by atoms with van der Waals surface area (Å²) in [7, 11) is 0. The largest absolute Gasteiger partial charge is 0.478 e. The van der Waals surface area contributed by atoms with Crippen molar-refractivity contribution in [2.24, 2.45) is 39.4 Å². The average molecular weight is 557 g/mol. The lowest BCUT2D eigenvalue weighted by molar-refractivity contribution is -0.168. The maximum absolute atomic E-state index is 12.4. The molecule has 4 aliphatic rings. The quantitative estimate of drug-likeness (QED) is 0.197. The lowest BCUT2D eigenvalue weighted by Gasteiger charge is -2.62. The summed E-state index contributed by atoms with van der Waals surface area (Å²) in [5.74, 6) is -0.0629. The smallest absolute Gasteiger partial charge is 0.330 e. The molecular weight excluding hydrogens is 504 g/mol. The van der Waals surface area contributed by atoms with Crippen LogP contribution in [-0.4, -0.2) is 35.2 Å². The zero-order valence-corrected chi connectivity index (χ0v) is 26.3. The van der Waals surface area contributed by atoms with Gasteiger partial charge in [-0.2, -0.15) is 0 Å². The number of ether oxygens (including phenoxy) is 2. The first-order valence-corrected chi connectivity index (χ1v) is 15.5. The van der Waals surface area contributed by atoms with Gasteiger partial charge in [-0.1, -0.05) is 58.8 Å². The number of hydrogen-bond acceptors (Lipinski definition) is 5. The Kier molecular flexibility index (Phi) is 8.19. The molecular formula is C34H52O6. The molecule has 2 fully saturated rings. The second-order valence-electron chi connectivity index (χ2n) is 14.7. The van der Waals surface area contributed by atoms with Crippen LogP contribution in [0.5, 0.6) is 0 Å². The average Bonchev–Trinajstić information content (AvgIpc) is 3.07. The van der Waals surface area contributed by atoms with Gasteiger partial charge in [0.2, 0.25) is 0 Å². The fourth-order valence-corrected chi connectivity index (χ4v) is 10.2. The van der Waals surface area contributed by atoms with E-state index in [2.05, 4.69) is 41.5 Å². The van der Waals surface area contributed by atoms with E-state index in [-0.39, 0.29) is 45.8 Å². The summed E-state index contributed by atoms with van der Waals surface area (Å²) in [6.07, 6.45) is 10.2. The van der Waals surface area contributed by atoms with Gasteiger partial charge in [0, 0.05) is 30.3 Å². The predicted octanol–water partition coefficient (Wildman–Crippen LogP) is 7.66. The van der Waals surface area contributed by atoms with E-state index in [4.69, 9.17) is 9.47 Å². The van der Waals surface area contributed by atoms with E-state index >= 15 is 0 Å². The second kappa shape index (κ2) is 10.6. The van der Waals surface area contributed by atoms with E-state index in [0.717, 1.165) is 57.8 Å². The van der Waals surface area contributed by atoms with Gasteiger partial charge in [0.1, 0.15) is 12.2 Å². The summed E-state index contributed by atoms with van der Waals surface area (Å²) < 4.78 is 12.1. The van der Waals surface area contributed by atoms with Crippen LogP contribution in [0.1, 0.15) is 120 Å². The minimum atomic E-state index is -0.858. The van der Waals surface area contributed by atoms with Crippen molar-refractivity contribution in [2.45, 2.75) is 132 Å². The molecule has 0 amide bonds. The van der Waals surface area contributed by atoms with Crippen molar-refractivity contribution in [3.63, 3.8) is 0 Å². The maximum atomic E-state index is 12.4. The highest BCUT2D eigenvalue weighted by molar-refractivity contribution is 5.85. The minimum absolute atomic E-state index is 0.00934. The molecule has 0 radical (unpaired) electrons. The van der Waals surface area contributed by atoms with E-state index < -0.39 is 5.97 Å². The summed E-state index contributed by atoms with van der Waals surface area (Å²) in [5.41, 5.74) is 3.21. The molecule has 40 heavy (non-hydrogen) atoms. The van der Waals surface area contributed by atoms with E-state index in [9.17, 15) is 19.5 Å². The van der Waals surface area contributed by atoms with Gasteiger partial charge in [-0.25, -0.2) is 4.79 Å². The number of hydrogen-bond donors (Lipinski definition) is 1. The number of carbonyl (C=O) groups is 3. The zero-order chi connectivity index (χ0) is 29.8. The molecule has 8 atom stereocenters. The van der Waals surface area contributed by atoms with E-state index in [1.807, 2.05) is 6.08 Å². The van der Waals surface area contributed by atoms with Crippen molar-refractivity contribution in [3.05, 3.63) is 22.8 Å². The normalized spacial score (nSPS) is 39.5. The number of rotatable bonds is 7. The van der Waals surface area contributed by atoms with Crippen molar-refractivity contribution in [2.75, 3.05) is 0 Å². The lowest BCUT2D eigenvalue weighted by atomic mass is 9.43. The lowest BCUT2D eigenvalue weighted by Crippen LogP contribution is -2.57. The summed E-state index contributed by atoms with van der Waals surface area (Å²) >= 11 is 0. The van der Waals surface area contributed by atoms with Gasteiger partial charge in [-0.3, -0.25) is 9.59 Å². The van der Waals surface area contributed by atoms with Crippen LogP contribution in [0.4, 0.5) is 0 Å². The second-order valence-corrected chi connectivity index (χ2v) is 14.7. The summed E-state index contributed by atoms with van der Waals surface area (Å²) in [6, 6.07) is 0. The zero-order valence-electron chi connectivity index (χ0n) is 26.3. The molecule has 2 unspecified atom stereocenters. The standard InChI is InChI=1S/C34H52O6/c1-20(11-10-12-21(2)30(37)38)26-19-29(40-23(4)36)34(9)25-13-14-27-31(5,6)28(39-22(3)35)16-17-32(27,7)24(25)15-18-33(26,34)8/h12,20,26-29H,10-11,13-19H2,1-9H3,(H,37,38)/b21-12+/t20?,26-,27?,28+,29+,32-,33-,34-/m1/s1. The highest BCUT2D eigenvalue weighted by Crippen LogP contribution is 2.73. The van der Waals surface area contributed by atoms with Gasteiger partial charge in [-0.15, -0.1) is 0 Å². The number of carboxylic acids is 1. The number of carboxylic acid groups (broad SMARTS) is 1. The highest BCUT2D eigenvalue weighted by atomic mass is 16.5. The topological polar surface area (TPSA) is 89.9 Å². The van der Waals surface area contributed by atoms with Crippen LogP contribution >= 0.6 is 0 Å². The van der Waals surface area contributed by atoms with Crippen LogP contribution in [-0.2, 0) is 23.9 Å². The van der Waals surface area contributed by atoms with Crippen molar-refractivity contribution in [3.8, 4) is 0 Å². The molecule has 0 saturated heterocycles. The summed E-state index contributed by atoms with van der Waals surface area (Å²) in [4.78, 5) is 35.6. The predicted molar refractivity (Wildman–Crippen MR) is 155 cm³/mol. The molecule has 6 nitrogen and oxygen atoms in total. The number of aliphatic carboxylic acids is 1. The Balaban J connectivity index is 1.71. The molecule has 0 spiro atoms. The third-order valence-electron chi connectivity index (χ3n) is 12.5. The Hall–Kier alpha value is -2.11. The maximum Gasteiger partial charge on any atom is 0.330 e. The van der Waals surface area contributed by atoms with Crippen LogP contribution in [0.2, 0.25) is 0 Å². The van der Waals surface area contributed by atoms with Crippen molar-refractivity contribution in [1.29, 1.82) is 0 Å². The van der Waals surface area contributed by atoms with Crippen LogP contribution in [0.3, 0.4) is 0 Å². The van der Waals surface area contributed by atoms with Crippen molar-refractivity contribution in [1.82, 2.24) is 0 Å². The van der Waals surface area contributed by atoms with Gasteiger partial charge < -0.3 is 14.6 Å². The van der Waals surface area contributed by atoms with E-state index in [1.54, 1.807) is 12.5 Å². The third-order valence-corrected chi connectivity index (χ3v) is 12.5. The molecule has 4 aliphatic carbocycles. The molecule has 1 N–H and O–H groups in total. The molecule has 224 valence electrons. The van der Waals surface area contributed by atoms with Gasteiger partial charge in [-0.05, 0) is 93.3 Å². The molecule has 0 aliphatic heterocycles. The molecule has 0 aromatic rings. The molecule has 0 aromatic heterocycles. The Morgan fingerprint density at radius 2 is 1.55 bits per heavy atom. The fourth-order valence-electron chi connectivity index (χ4n) is 10.2. The van der Waals surface area contributed by atoms with E-state index in [1.165, 1.54) is 19.4 Å². The first kappa shape index (κ1) is 30.8. The number of allylic oxidation sites excluding steroid dienone is 2. The van der Waals surface area contributed by atoms with Crippen LogP contribution in [0.25, 0.3) is 0 Å². The number of carbonyl (C=O) groups excluding carboxylic acids is 2. The third kappa shape index (κ3) is 4.75. The van der Waals surface area contributed by atoms with Gasteiger partial charge in [0.25, 0.3) is 0 Å². The highest BCUT2D eigenvalue weighted by Gasteiger charge is 2.67. The van der Waals surface area contributed by atoms with Crippen LogP contribution < -0.4 is 0 Å². The Labute approximate surface area is 241 Å². The molecule has 6 heteroatoms. The molecule has 4 rings (SSSR count). The molecule has 0 bridgehead atoms. The molecule has 2 saturated carbocycles. The monoisotopic (exact) mass is 556 g/mol. The Morgan fingerprint density at radius 3 is 2.15 bits per heavy atom. The van der Waals surface area contributed by atoms with Crippen LogP contribution in [0.15, 0.2) is 22.8 Å². The van der Waals surface area contributed by atoms with Gasteiger partial charge >= 0.3 is 17.9 Å². The molecule has 0 aromatic carbocycles. The van der Waals surface area contributed by atoms with Gasteiger partial charge in [0.05, 0.1) is 0 Å². The van der Waals surface area contributed by atoms with Crippen molar-refractivity contribution < 1.29 is 29.0 Å². The first-order chi connectivity index (χ1) is 18.5. The fraction of sp³-hybridized carbons (Fsp3) is 0.794. The van der Waals surface area contributed by atoms with Gasteiger partial charge in [0.15, 0.2) is 0 Å². The minimum Gasteiger partial charge on any atom is -0.478 e. The van der Waals surface area contributed by atoms with Crippen LogP contribution in [0, 0.1) is 39.4 Å². The molecule has 0 heterocycles. The van der Waals surface area contributed by atoms with Crippen molar-refractivity contribution >= 4 is 17.9 Å². The number of esters is 2. The van der Waals surface area contributed by atoms with E-state index in [0.29, 0.717) is 23.3 Å². The number of fused-ring (bicyclic) bond motifs is 4. The Bertz CT molecular complexity index is 1120. The Morgan fingerprint density at radius 1 is 0.925 bits per heavy atom. The first-order valence-electron chi connectivity index (χ1n) is 15.5. The SMILES string of the molecule is CC(=O)O[C@H]1CC[C@]2(C)C3=C(CCC2C1(C)C)[C@]1(C)[C@@H](OC(C)=O)C[C@H](C(C)CC/C=C(\C)C(=O)O)[C@@]1(C)CC3.